The first-order chi connectivity index (χ1) is 10.5. The smallest absolute Gasteiger partial charge is 0.271 e. The van der Waals surface area contributed by atoms with Crippen molar-refractivity contribution in [2.75, 3.05) is 18.2 Å². The number of benzene rings is 1. The van der Waals surface area contributed by atoms with Crippen LogP contribution >= 0.6 is 11.8 Å². The Bertz CT molecular complexity index is 699. The fourth-order valence-electron chi connectivity index (χ4n) is 1.78. The second-order valence-corrected chi connectivity index (χ2v) is 5.50. The van der Waals surface area contributed by atoms with Crippen LogP contribution in [0.1, 0.15) is 16.2 Å². The molecule has 1 aromatic carbocycles. The van der Waals surface area contributed by atoms with Gasteiger partial charge in [-0.2, -0.15) is 5.10 Å². The second kappa shape index (κ2) is 6.99. The number of hydrogen-bond donors (Lipinski definition) is 3. The molecule has 2 amide bonds. The second-order valence-electron chi connectivity index (χ2n) is 4.45. The lowest BCUT2D eigenvalue weighted by Gasteiger charge is -2.06. The molecule has 0 aliphatic carbocycles. The SMILES string of the molecule is COc1cccc(SCC(=O)Nc2c(C(N)=O)n[nH]c2C)c1. The van der Waals surface area contributed by atoms with Gasteiger partial charge in [-0.3, -0.25) is 14.7 Å². The Morgan fingerprint density at radius 1 is 1.45 bits per heavy atom. The highest BCUT2D eigenvalue weighted by atomic mass is 32.2. The summed E-state index contributed by atoms with van der Waals surface area (Å²) in [5, 5.41) is 9.05. The minimum atomic E-state index is -0.694. The van der Waals surface area contributed by atoms with Crippen LogP contribution in [0.15, 0.2) is 29.2 Å². The van der Waals surface area contributed by atoms with Crippen molar-refractivity contribution in [2.45, 2.75) is 11.8 Å². The number of anilines is 1. The number of aromatic amines is 1. The molecule has 2 aromatic rings. The Kier molecular flexibility index (Phi) is 5.05. The molecular formula is C14H16N4O3S. The van der Waals surface area contributed by atoms with Crippen LogP contribution in [0.4, 0.5) is 5.69 Å². The molecule has 1 heterocycles. The molecule has 0 aliphatic heterocycles. The zero-order chi connectivity index (χ0) is 16.1. The maximum atomic E-state index is 12.0. The summed E-state index contributed by atoms with van der Waals surface area (Å²) < 4.78 is 5.13. The number of primary amides is 1. The predicted octanol–water partition coefficient (Wildman–Crippen LogP) is 1.56. The fraction of sp³-hybridized carbons (Fsp3) is 0.214. The highest BCUT2D eigenvalue weighted by Gasteiger charge is 2.17. The lowest BCUT2D eigenvalue weighted by molar-refractivity contribution is -0.113. The van der Waals surface area contributed by atoms with Crippen molar-refractivity contribution in [2.24, 2.45) is 5.73 Å². The summed E-state index contributed by atoms with van der Waals surface area (Å²) in [6.45, 7) is 1.70. The topological polar surface area (TPSA) is 110 Å². The van der Waals surface area contributed by atoms with Crippen molar-refractivity contribution in [3.8, 4) is 5.75 Å². The summed E-state index contributed by atoms with van der Waals surface area (Å²) in [5.74, 6) is -0.0253. The molecule has 8 heteroatoms. The van der Waals surface area contributed by atoms with Crippen molar-refractivity contribution < 1.29 is 14.3 Å². The standard InChI is InChI=1S/C14H16N4O3S/c1-8-12(13(14(15)20)18-17-8)16-11(19)7-22-10-5-3-4-9(6-10)21-2/h3-6H,7H2,1-2H3,(H2,15,20)(H,16,19)(H,17,18). The molecule has 2 rings (SSSR count). The number of nitrogens with zero attached hydrogens (tertiary/aromatic N) is 1. The van der Waals surface area contributed by atoms with Crippen molar-refractivity contribution in [3.63, 3.8) is 0 Å². The Morgan fingerprint density at radius 2 is 2.23 bits per heavy atom. The molecule has 1 aromatic heterocycles. The number of ether oxygens (including phenoxy) is 1. The van der Waals surface area contributed by atoms with E-state index in [1.165, 1.54) is 11.8 Å². The van der Waals surface area contributed by atoms with E-state index in [0.717, 1.165) is 10.6 Å². The van der Waals surface area contributed by atoms with E-state index >= 15 is 0 Å². The molecule has 0 radical (unpaired) electrons. The fourth-order valence-corrected chi connectivity index (χ4v) is 2.52. The maximum absolute atomic E-state index is 12.0. The first-order valence-corrected chi connectivity index (χ1v) is 7.41. The number of carbonyl (C=O) groups is 2. The van der Waals surface area contributed by atoms with Gasteiger partial charge in [0.1, 0.15) is 5.75 Å². The normalized spacial score (nSPS) is 10.3. The third-order valence-electron chi connectivity index (χ3n) is 2.86. The highest BCUT2D eigenvalue weighted by molar-refractivity contribution is 8.00. The number of nitrogens with one attached hydrogen (secondary N) is 2. The van der Waals surface area contributed by atoms with E-state index in [4.69, 9.17) is 10.5 Å². The van der Waals surface area contributed by atoms with E-state index in [0.29, 0.717) is 11.4 Å². The number of hydrogen-bond acceptors (Lipinski definition) is 5. The molecule has 0 bridgehead atoms. The molecule has 0 fully saturated rings. The molecule has 0 unspecified atom stereocenters. The number of thioether (sulfide) groups is 1. The number of methoxy groups -OCH3 is 1. The zero-order valence-corrected chi connectivity index (χ0v) is 13.0. The Hall–Kier alpha value is -2.48. The van der Waals surface area contributed by atoms with Crippen LogP contribution in [0.2, 0.25) is 0 Å². The Balaban J connectivity index is 1.99. The third kappa shape index (κ3) is 3.79. The third-order valence-corrected chi connectivity index (χ3v) is 3.85. The molecule has 0 atom stereocenters. The lowest BCUT2D eigenvalue weighted by atomic mass is 10.3. The van der Waals surface area contributed by atoms with E-state index in [1.54, 1.807) is 14.0 Å². The first kappa shape index (κ1) is 15.9. The van der Waals surface area contributed by atoms with Gasteiger partial charge in [-0.25, -0.2) is 0 Å². The summed E-state index contributed by atoms with van der Waals surface area (Å²) in [4.78, 5) is 24.2. The Labute approximate surface area is 131 Å². The van der Waals surface area contributed by atoms with Gasteiger partial charge < -0.3 is 15.8 Å². The van der Waals surface area contributed by atoms with Crippen LogP contribution in [0.25, 0.3) is 0 Å². The van der Waals surface area contributed by atoms with Gasteiger partial charge in [-0.05, 0) is 25.1 Å². The van der Waals surface area contributed by atoms with E-state index in [-0.39, 0.29) is 17.4 Å². The highest BCUT2D eigenvalue weighted by Crippen LogP contribution is 2.23. The molecule has 116 valence electrons. The van der Waals surface area contributed by atoms with Crippen LogP contribution in [0, 0.1) is 6.92 Å². The molecular weight excluding hydrogens is 304 g/mol. The molecule has 0 saturated carbocycles. The molecule has 7 nitrogen and oxygen atoms in total. The van der Waals surface area contributed by atoms with Gasteiger partial charge in [0.05, 0.1) is 24.2 Å². The van der Waals surface area contributed by atoms with Gasteiger partial charge in [0.2, 0.25) is 5.91 Å². The van der Waals surface area contributed by atoms with Gasteiger partial charge in [0.15, 0.2) is 5.69 Å². The maximum Gasteiger partial charge on any atom is 0.271 e. The largest absolute Gasteiger partial charge is 0.497 e. The van der Waals surface area contributed by atoms with Crippen LogP contribution in [0.5, 0.6) is 5.75 Å². The van der Waals surface area contributed by atoms with Crippen molar-refractivity contribution in [1.82, 2.24) is 10.2 Å². The van der Waals surface area contributed by atoms with E-state index in [2.05, 4.69) is 15.5 Å². The van der Waals surface area contributed by atoms with Crippen LogP contribution < -0.4 is 15.8 Å². The average molecular weight is 320 g/mol. The summed E-state index contributed by atoms with van der Waals surface area (Å²) >= 11 is 1.36. The van der Waals surface area contributed by atoms with E-state index < -0.39 is 5.91 Å². The zero-order valence-electron chi connectivity index (χ0n) is 12.2. The van der Waals surface area contributed by atoms with Gasteiger partial charge in [0.25, 0.3) is 5.91 Å². The Morgan fingerprint density at radius 3 is 2.91 bits per heavy atom. The van der Waals surface area contributed by atoms with Crippen LogP contribution in [-0.4, -0.2) is 34.9 Å². The summed E-state index contributed by atoms with van der Waals surface area (Å²) in [6.07, 6.45) is 0. The summed E-state index contributed by atoms with van der Waals surface area (Å²) in [6, 6.07) is 7.41. The van der Waals surface area contributed by atoms with Gasteiger partial charge in [-0.1, -0.05) is 6.07 Å². The van der Waals surface area contributed by atoms with Gasteiger partial charge in [-0.15, -0.1) is 11.8 Å². The van der Waals surface area contributed by atoms with Crippen molar-refractivity contribution in [3.05, 3.63) is 35.7 Å². The molecule has 0 saturated heterocycles. The van der Waals surface area contributed by atoms with E-state index in [9.17, 15) is 9.59 Å². The minimum absolute atomic E-state index is 0.0252. The monoisotopic (exact) mass is 320 g/mol. The molecule has 0 aliphatic rings. The predicted molar refractivity (Wildman–Crippen MR) is 84.2 cm³/mol. The molecule has 0 spiro atoms. The van der Waals surface area contributed by atoms with Crippen LogP contribution in [-0.2, 0) is 4.79 Å². The number of amides is 2. The van der Waals surface area contributed by atoms with Crippen molar-refractivity contribution in [1.29, 1.82) is 0 Å². The van der Waals surface area contributed by atoms with Gasteiger partial charge in [0, 0.05) is 4.90 Å². The minimum Gasteiger partial charge on any atom is -0.497 e. The van der Waals surface area contributed by atoms with Gasteiger partial charge >= 0.3 is 0 Å². The number of aryl methyl sites for hydroxylation is 1. The number of rotatable bonds is 6. The first-order valence-electron chi connectivity index (χ1n) is 6.42. The van der Waals surface area contributed by atoms with E-state index in [1.807, 2.05) is 24.3 Å². The number of nitrogens with two attached hydrogens (primary N) is 1. The molecule has 4 N–H and O–H groups in total. The summed E-state index contributed by atoms with van der Waals surface area (Å²) in [7, 11) is 1.59. The average Bonchev–Trinajstić information content (AvgIpc) is 2.87. The van der Waals surface area contributed by atoms with Crippen molar-refractivity contribution >= 4 is 29.3 Å². The van der Waals surface area contributed by atoms with Crippen LogP contribution in [0.3, 0.4) is 0 Å². The molecule has 22 heavy (non-hydrogen) atoms. The number of H-pyrrole nitrogens is 1. The lowest BCUT2D eigenvalue weighted by Crippen LogP contribution is -2.19. The number of aromatic nitrogens is 2. The number of carbonyl (C=O) groups excluding carboxylic acids is 2. The summed E-state index contributed by atoms with van der Waals surface area (Å²) in [5.41, 5.74) is 6.13. The quantitative estimate of drug-likeness (QED) is 0.700.